The number of carboxylic acids is 1. The molecule has 0 aliphatic rings. The molecule has 0 saturated heterocycles. The third kappa shape index (κ3) is 3.14. The molecule has 0 saturated carbocycles. The Bertz CT molecular complexity index is 658. The van der Waals surface area contributed by atoms with Crippen molar-refractivity contribution in [1.29, 1.82) is 0 Å². The fourth-order valence-corrected chi connectivity index (χ4v) is 1.62. The second-order valence-electron chi connectivity index (χ2n) is 4.05. The maximum absolute atomic E-state index is 11.9. The van der Waals surface area contributed by atoms with Crippen LogP contribution in [0.4, 0.5) is 5.82 Å². The van der Waals surface area contributed by atoms with Gasteiger partial charge in [-0.1, -0.05) is 6.07 Å². The molecule has 2 heterocycles. The molecule has 0 aliphatic carbocycles. The highest BCUT2D eigenvalue weighted by molar-refractivity contribution is 5.98. The molecule has 0 unspecified atom stereocenters. The van der Waals surface area contributed by atoms with Gasteiger partial charge in [0.1, 0.15) is 0 Å². The molecule has 7 heteroatoms. The van der Waals surface area contributed by atoms with Crippen molar-refractivity contribution in [2.24, 2.45) is 0 Å². The van der Waals surface area contributed by atoms with Crippen molar-refractivity contribution in [3.05, 3.63) is 47.7 Å². The Balaban J connectivity index is 2.13. The maximum Gasteiger partial charge on any atom is 0.358 e. The number of anilines is 1. The number of hydrogen-bond acceptors (Lipinski definition) is 5. The Hall–Kier alpha value is -2.83. The third-order valence-electron chi connectivity index (χ3n) is 2.60. The Kier molecular flexibility index (Phi) is 3.99. The molecule has 20 heavy (non-hydrogen) atoms. The van der Waals surface area contributed by atoms with Crippen molar-refractivity contribution in [2.75, 3.05) is 5.32 Å². The lowest BCUT2D eigenvalue weighted by atomic mass is 10.1. The molecule has 0 atom stereocenters. The highest BCUT2D eigenvalue weighted by Gasteiger charge is 2.15. The van der Waals surface area contributed by atoms with E-state index in [1.165, 1.54) is 12.4 Å². The lowest BCUT2D eigenvalue weighted by molar-refractivity contribution is -0.115. The van der Waals surface area contributed by atoms with Crippen LogP contribution in [0.1, 0.15) is 21.7 Å². The molecule has 1 amide bonds. The zero-order valence-corrected chi connectivity index (χ0v) is 10.7. The number of amides is 1. The smallest absolute Gasteiger partial charge is 0.358 e. The summed E-state index contributed by atoms with van der Waals surface area (Å²) in [6.45, 7) is 1.85. The van der Waals surface area contributed by atoms with Gasteiger partial charge in [0, 0.05) is 18.6 Å². The predicted octanol–water partition coefficient (Wildman–Crippen LogP) is 1.06. The van der Waals surface area contributed by atoms with Crippen molar-refractivity contribution in [3.63, 3.8) is 0 Å². The average molecular weight is 272 g/mol. The van der Waals surface area contributed by atoms with E-state index in [-0.39, 0.29) is 17.9 Å². The molecule has 2 N–H and O–H groups in total. The first-order valence-corrected chi connectivity index (χ1v) is 5.82. The molecule has 0 radical (unpaired) electrons. The molecule has 0 fully saturated rings. The van der Waals surface area contributed by atoms with E-state index in [1.54, 1.807) is 12.3 Å². The number of nitrogens with one attached hydrogen (secondary N) is 1. The number of carbonyl (C=O) groups is 2. The lowest BCUT2D eigenvalue weighted by Gasteiger charge is -2.07. The second-order valence-corrected chi connectivity index (χ2v) is 4.05. The Morgan fingerprint density at radius 3 is 2.65 bits per heavy atom. The number of carboxylic acid groups (broad SMARTS) is 1. The quantitative estimate of drug-likeness (QED) is 0.862. The molecule has 0 aliphatic heterocycles. The molecule has 7 nitrogen and oxygen atoms in total. The van der Waals surface area contributed by atoms with E-state index in [9.17, 15) is 9.59 Å². The van der Waals surface area contributed by atoms with Gasteiger partial charge in [0.05, 0.1) is 12.1 Å². The number of rotatable bonds is 4. The molecular weight excluding hydrogens is 260 g/mol. The van der Waals surface area contributed by atoms with E-state index >= 15 is 0 Å². The molecule has 0 aromatic carbocycles. The van der Waals surface area contributed by atoms with Crippen LogP contribution in [0.15, 0.2) is 30.7 Å². The topological polar surface area (TPSA) is 105 Å². The number of aromatic nitrogens is 3. The van der Waals surface area contributed by atoms with Crippen LogP contribution in [0.3, 0.4) is 0 Å². The summed E-state index contributed by atoms with van der Waals surface area (Å²) in [6.07, 6.45) is 4.21. The number of aromatic carboxylic acids is 1. The molecule has 2 rings (SSSR count). The summed E-state index contributed by atoms with van der Waals surface area (Å²) in [5.41, 5.74) is 1.23. The van der Waals surface area contributed by atoms with Crippen LogP contribution in [-0.2, 0) is 11.2 Å². The molecular formula is C13H12N4O3. The molecule has 0 bridgehead atoms. The Labute approximate surface area is 114 Å². The number of nitrogens with zero attached hydrogens (tertiary/aromatic N) is 3. The largest absolute Gasteiger partial charge is 0.476 e. The van der Waals surface area contributed by atoms with Crippen LogP contribution in [0.25, 0.3) is 0 Å². The van der Waals surface area contributed by atoms with Gasteiger partial charge in [-0.15, -0.1) is 0 Å². The van der Waals surface area contributed by atoms with Crippen LogP contribution < -0.4 is 5.32 Å². The van der Waals surface area contributed by atoms with Crippen LogP contribution >= 0.6 is 0 Å². The van der Waals surface area contributed by atoms with Gasteiger partial charge in [-0.25, -0.2) is 14.8 Å². The number of carbonyl (C=O) groups excluding carboxylic acids is 1. The highest BCUT2D eigenvalue weighted by atomic mass is 16.4. The minimum Gasteiger partial charge on any atom is -0.476 e. The van der Waals surface area contributed by atoms with Gasteiger partial charge in [0.25, 0.3) is 0 Å². The van der Waals surface area contributed by atoms with E-state index in [4.69, 9.17) is 5.11 Å². The van der Waals surface area contributed by atoms with Crippen molar-refractivity contribution < 1.29 is 14.7 Å². The normalized spacial score (nSPS) is 10.1. The lowest BCUT2D eigenvalue weighted by Crippen LogP contribution is -2.19. The van der Waals surface area contributed by atoms with E-state index in [0.717, 1.165) is 5.56 Å². The Morgan fingerprint density at radius 2 is 1.95 bits per heavy atom. The van der Waals surface area contributed by atoms with Gasteiger partial charge < -0.3 is 10.4 Å². The molecule has 2 aromatic rings. The first kappa shape index (κ1) is 13.6. The summed E-state index contributed by atoms with van der Waals surface area (Å²) in [5, 5.41) is 11.4. The summed E-state index contributed by atoms with van der Waals surface area (Å²) in [4.78, 5) is 34.4. The van der Waals surface area contributed by atoms with Crippen LogP contribution in [0.2, 0.25) is 0 Å². The van der Waals surface area contributed by atoms with Gasteiger partial charge in [-0.2, -0.15) is 0 Å². The monoisotopic (exact) mass is 272 g/mol. The zero-order chi connectivity index (χ0) is 14.5. The summed E-state index contributed by atoms with van der Waals surface area (Å²) >= 11 is 0. The van der Waals surface area contributed by atoms with Gasteiger partial charge >= 0.3 is 5.97 Å². The maximum atomic E-state index is 11.9. The fraction of sp³-hybridized carbons (Fsp3) is 0.154. The van der Waals surface area contributed by atoms with Crippen molar-refractivity contribution >= 4 is 17.7 Å². The minimum absolute atomic E-state index is 0.0440. The van der Waals surface area contributed by atoms with Crippen molar-refractivity contribution in [2.45, 2.75) is 13.3 Å². The summed E-state index contributed by atoms with van der Waals surface area (Å²) in [6, 6.07) is 3.63. The highest BCUT2D eigenvalue weighted by Crippen LogP contribution is 2.10. The molecule has 2 aromatic heterocycles. The first-order chi connectivity index (χ1) is 9.58. The standard InChI is InChI=1S/C13H12N4O3/c1-8-3-2-4-14-9(8)7-10(18)17-12-11(13(19)20)15-5-6-16-12/h2-6H,7H2,1H3,(H,19,20)(H,16,17,18). The van der Waals surface area contributed by atoms with Gasteiger partial charge in [-0.05, 0) is 18.6 Å². The van der Waals surface area contributed by atoms with Crippen LogP contribution in [0.5, 0.6) is 0 Å². The molecule has 102 valence electrons. The second kappa shape index (κ2) is 5.87. The number of aryl methyl sites for hydroxylation is 1. The van der Waals surface area contributed by atoms with Crippen molar-refractivity contribution in [1.82, 2.24) is 15.0 Å². The van der Waals surface area contributed by atoms with Crippen LogP contribution in [-0.4, -0.2) is 31.9 Å². The van der Waals surface area contributed by atoms with Crippen LogP contribution in [0, 0.1) is 6.92 Å². The summed E-state index contributed by atoms with van der Waals surface area (Å²) in [5.74, 6) is -1.71. The first-order valence-electron chi connectivity index (χ1n) is 5.82. The van der Waals surface area contributed by atoms with E-state index in [1.807, 2.05) is 13.0 Å². The summed E-state index contributed by atoms with van der Waals surface area (Å²) in [7, 11) is 0. The van der Waals surface area contributed by atoms with Gasteiger partial charge in [0.2, 0.25) is 5.91 Å². The predicted molar refractivity (Wildman–Crippen MR) is 70.3 cm³/mol. The SMILES string of the molecule is Cc1cccnc1CC(=O)Nc1nccnc1C(=O)O. The minimum atomic E-state index is -1.25. The average Bonchev–Trinajstić information content (AvgIpc) is 2.41. The van der Waals surface area contributed by atoms with Gasteiger partial charge in [0.15, 0.2) is 11.5 Å². The third-order valence-corrected chi connectivity index (χ3v) is 2.60. The Morgan fingerprint density at radius 1 is 1.20 bits per heavy atom. The molecule has 0 spiro atoms. The van der Waals surface area contributed by atoms with E-state index in [0.29, 0.717) is 5.69 Å². The zero-order valence-electron chi connectivity index (χ0n) is 10.7. The number of pyridine rings is 1. The van der Waals surface area contributed by atoms with E-state index < -0.39 is 11.9 Å². The van der Waals surface area contributed by atoms with E-state index in [2.05, 4.69) is 20.3 Å². The van der Waals surface area contributed by atoms with Crippen molar-refractivity contribution in [3.8, 4) is 0 Å². The number of hydrogen-bond donors (Lipinski definition) is 2. The fourth-order valence-electron chi connectivity index (χ4n) is 1.62. The summed E-state index contributed by atoms with van der Waals surface area (Å²) < 4.78 is 0. The van der Waals surface area contributed by atoms with Gasteiger partial charge in [-0.3, -0.25) is 9.78 Å².